The van der Waals surface area contributed by atoms with Gasteiger partial charge >= 0.3 is 0 Å². The van der Waals surface area contributed by atoms with E-state index in [4.69, 9.17) is 0 Å². The third kappa shape index (κ3) is 3.09. The number of nitrogens with zero attached hydrogens (tertiary/aromatic N) is 5. The van der Waals surface area contributed by atoms with Gasteiger partial charge in [0.2, 0.25) is 5.91 Å². The van der Waals surface area contributed by atoms with Gasteiger partial charge in [-0.1, -0.05) is 0 Å². The maximum absolute atomic E-state index is 12.0. The normalized spacial score (nSPS) is 10.9. The van der Waals surface area contributed by atoms with E-state index in [9.17, 15) is 9.59 Å². The minimum Gasteiger partial charge on any atom is -0.326 e. The number of hydrogen-bond acceptors (Lipinski definition) is 5. The fraction of sp³-hybridized carbons (Fsp3) is 0.118. The summed E-state index contributed by atoms with van der Waals surface area (Å²) in [6, 6.07) is 8.98. The molecule has 0 saturated carbocycles. The molecule has 0 aliphatic rings. The summed E-state index contributed by atoms with van der Waals surface area (Å²) in [5.41, 5.74) is 1.67. The molecule has 26 heavy (non-hydrogen) atoms. The molecule has 0 unspecified atom stereocenters. The van der Waals surface area contributed by atoms with Gasteiger partial charge in [0.15, 0.2) is 5.65 Å². The van der Waals surface area contributed by atoms with Crippen molar-refractivity contribution in [3.8, 4) is 5.69 Å². The van der Waals surface area contributed by atoms with Crippen molar-refractivity contribution >= 4 is 22.6 Å². The van der Waals surface area contributed by atoms with Crippen molar-refractivity contribution in [2.24, 2.45) is 0 Å². The summed E-state index contributed by atoms with van der Waals surface area (Å²) >= 11 is 0. The van der Waals surface area contributed by atoms with E-state index in [1.54, 1.807) is 39.8 Å². The van der Waals surface area contributed by atoms with E-state index in [-0.39, 0.29) is 11.5 Å². The van der Waals surface area contributed by atoms with Crippen molar-refractivity contribution in [2.45, 2.75) is 13.0 Å². The summed E-state index contributed by atoms with van der Waals surface area (Å²) in [5.74, 6) is -0.0917. The van der Waals surface area contributed by atoms with Crippen LogP contribution in [0.25, 0.3) is 16.7 Å². The smallest absolute Gasteiger partial charge is 0.261 e. The number of nitrogens with one attached hydrogen (secondary N) is 2. The highest BCUT2D eigenvalue weighted by Gasteiger charge is 2.09. The summed E-state index contributed by atoms with van der Waals surface area (Å²) in [5, 5.41) is 11.5. The molecule has 3 aromatic heterocycles. The van der Waals surface area contributed by atoms with E-state index in [2.05, 4.69) is 25.5 Å². The van der Waals surface area contributed by atoms with Gasteiger partial charge in [0.05, 0.1) is 18.2 Å². The average Bonchev–Trinajstić information content (AvgIpc) is 3.31. The zero-order chi connectivity index (χ0) is 17.9. The average molecular weight is 349 g/mol. The number of rotatable bonds is 5. The molecule has 3 heterocycles. The first-order valence-electron chi connectivity index (χ1n) is 8.00. The minimum absolute atomic E-state index is 0.0917. The molecule has 4 aromatic rings. The second-order valence-corrected chi connectivity index (χ2v) is 5.64. The first kappa shape index (κ1) is 15.8. The van der Waals surface area contributed by atoms with E-state index in [0.29, 0.717) is 29.7 Å². The number of fused-ring (bicyclic) bond motifs is 1. The Morgan fingerprint density at radius 2 is 2.04 bits per heavy atom. The van der Waals surface area contributed by atoms with Gasteiger partial charge in [-0.25, -0.2) is 9.67 Å². The molecule has 0 atom stereocenters. The molecular weight excluding hydrogens is 334 g/mol. The van der Waals surface area contributed by atoms with Crippen LogP contribution in [-0.4, -0.2) is 35.4 Å². The van der Waals surface area contributed by atoms with Crippen LogP contribution in [0.1, 0.15) is 6.42 Å². The van der Waals surface area contributed by atoms with Gasteiger partial charge in [0.25, 0.3) is 5.56 Å². The number of amides is 1. The molecular formula is C17H15N7O2. The van der Waals surface area contributed by atoms with Gasteiger partial charge in [-0.15, -0.1) is 0 Å². The van der Waals surface area contributed by atoms with Gasteiger partial charge in [-0.2, -0.15) is 10.2 Å². The predicted octanol–water partition coefficient (Wildman–Crippen LogP) is 1.33. The molecule has 0 aliphatic heterocycles. The Bertz CT molecular complexity index is 1090. The van der Waals surface area contributed by atoms with Gasteiger partial charge in [0.1, 0.15) is 5.39 Å². The number of H-pyrrole nitrogens is 1. The van der Waals surface area contributed by atoms with E-state index >= 15 is 0 Å². The van der Waals surface area contributed by atoms with E-state index in [0.717, 1.165) is 5.69 Å². The van der Waals surface area contributed by atoms with E-state index < -0.39 is 0 Å². The van der Waals surface area contributed by atoms with Crippen LogP contribution in [0.3, 0.4) is 0 Å². The molecule has 0 bridgehead atoms. The molecule has 9 nitrogen and oxygen atoms in total. The molecule has 1 aromatic carbocycles. The number of carbonyl (C=O) groups excluding carboxylic acids is 1. The summed E-state index contributed by atoms with van der Waals surface area (Å²) in [7, 11) is 0. The lowest BCUT2D eigenvalue weighted by Crippen LogP contribution is -2.14. The topological polar surface area (TPSA) is 110 Å². The van der Waals surface area contributed by atoms with E-state index in [1.807, 2.05) is 12.3 Å². The molecule has 0 spiro atoms. The second-order valence-electron chi connectivity index (χ2n) is 5.64. The largest absolute Gasteiger partial charge is 0.326 e. The van der Waals surface area contributed by atoms with Crippen LogP contribution in [0.2, 0.25) is 0 Å². The van der Waals surface area contributed by atoms with Crippen LogP contribution in [0.4, 0.5) is 5.69 Å². The van der Waals surface area contributed by atoms with Crippen LogP contribution < -0.4 is 10.9 Å². The molecule has 0 radical (unpaired) electrons. The van der Waals surface area contributed by atoms with Crippen LogP contribution in [0.5, 0.6) is 0 Å². The second kappa shape index (κ2) is 6.63. The van der Waals surface area contributed by atoms with Crippen molar-refractivity contribution in [3.63, 3.8) is 0 Å². The maximum atomic E-state index is 12.0. The Morgan fingerprint density at radius 1 is 1.19 bits per heavy atom. The van der Waals surface area contributed by atoms with Gasteiger partial charge in [0, 0.05) is 31.0 Å². The summed E-state index contributed by atoms with van der Waals surface area (Å²) in [6.45, 7) is 0.524. The molecule has 0 saturated heterocycles. The van der Waals surface area contributed by atoms with Gasteiger partial charge in [-0.05, 0) is 30.3 Å². The Kier molecular flexibility index (Phi) is 4.02. The highest BCUT2D eigenvalue weighted by molar-refractivity contribution is 5.90. The first-order chi connectivity index (χ1) is 12.7. The van der Waals surface area contributed by atoms with Gasteiger partial charge < -0.3 is 10.3 Å². The minimum atomic E-state index is -0.234. The Hall–Kier alpha value is -3.75. The molecule has 1 amide bonds. The number of aromatic nitrogens is 6. The summed E-state index contributed by atoms with van der Waals surface area (Å²) in [4.78, 5) is 30.4. The quantitative estimate of drug-likeness (QED) is 0.565. The Morgan fingerprint density at radius 3 is 2.81 bits per heavy atom. The first-order valence-corrected chi connectivity index (χ1v) is 8.00. The molecule has 2 N–H and O–H groups in total. The van der Waals surface area contributed by atoms with E-state index in [1.165, 1.54) is 12.5 Å². The zero-order valence-electron chi connectivity index (χ0n) is 13.7. The number of carbonyl (C=O) groups is 1. The molecule has 0 fully saturated rings. The van der Waals surface area contributed by atoms with Crippen molar-refractivity contribution in [1.29, 1.82) is 0 Å². The lowest BCUT2D eigenvalue weighted by molar-refractivity contribution is -0.116. The summed E-state index contributed by atoms with van der Waals surface area (Å²) in [6.07, 6.45) is 6.65. The lowest BCUT2D eigenvalue weighted by Gasteiger charge is -2.07. The molecule has 4 rings (SSSR count). The molecule has 130 valence electrons. The number of aromatic amines is 1. The van der Waals surface area contributed by atoms with Crippen molar-refractivity contribution in [2.75, 3.05) is 5.32 Å². The van der Waals surface area contributed by atoms with Crippen LogP contribution in [0.15, 0.2) is 60.0 Å². The number of benzene rings is 1. The van der Waals surface area contributed by atoms with Crippen LogP contribution in [-0.2, 0) is 11.3 Å². The molecule has 0 aliphatic carbocycles. The highest BCUT2D eigenvalue weighted by atomic mass is 16.1. The monoisotopic (exact) mass is 349 g/mol. The maximum Gasteiger partial charge on any atom is 0.261 e. The zero-order valence-corrected chi connectivity index (χ0v) is 13.7. The Labute approximate surface area is 147 Å². The number of hydrogen-bond donors (Lipinski definition) is 2. The summed E-state index contributed by atoms with van der Waals surface area (Å²) < 4.78 is 3.29. The standard InChI is InChI=1S/C17H15N7O2/c25-15(6-9-23-8-1-7-20-23)22-12-2-4-13(5-3-12)24-16-14(10-21-24)17(26)19-11-18-16/h1-5,7-8,10-11H,6,9H2,(H,22,25)(H,18,19,26). The lowest BCUT2D eigenvalue weighted by atomic mass is 10.2. The Balaban J connectivity index is 1.47. The third-order valence-electron chi connectivity index (χ3n) is 3.89. The fourth-order valence-corrected chi connectivity index (χ4v) is 2.60. The third-order valence-corrected chi connectivity index (χ3v) is 3.89. The van der Waals surface area contributed by atoms with Crippen LogP contribution in [0, 0.1) is 0 Å². The van der Waals surface area contributed by atoms with Crippen molar-refractivity contribution in [3.05, 3.63) is 65.6 Å². The fourth-order valence-electron chi connectivity index (χ4n) is 2.60. The number of anilines is 1. The number of aryl methyl sites for hydroxylation is 1. The highest BCUT2D eigenvalue weighted by Crippen LogP contribution is 2.16. The van der Waals surface area contributed by atoms with Crippen molar-refractivity contribution < 1.29 is 4.79 Å². The van der Waals surface area contributed by atoms with Crippen LogP contribution >= 0.6 is 0 Å². The van der Waals surface area contributed by atoms with Crippen molar-refractivity contribution in [1.82, 2.24) is 29.5 Å². The predicted molar refractivity (Wildman–Crippen MR) is 95.0 cm³/mol. The molecule has 9 heteroatoms. The SMILES string of the molecule is O=C(CCn1cccn1)Nc1ccc(-n2ncc3c(=O)[nH]cnc32)cc1. The van der Waals surface area contributed by atoms with Gasteiger partial charge in [-0.3, -0.25) is 14.3 Å².